The van der Waals surface area contributed by atoms with Gasteiger partial charge in [-0.15, -0.1) is 11.3 Å². The number of likely N-dealkylation sites (N-methyl/N-ethyl adjacent to an activating group) is 1. The van der Waals surface area contributed by atoms with E-state index in [1.807, 2.05) is 0 Å². The van der Waals surface area contributed by atoms with E-state index in [9.17, 15) is 18.0 Å². The summed E-state index contributed by atoms with van der Waals surface area (Å²) in [6, 6.07) is 2.77. The molecule has 0 radical (unpaired) electrons. The van der Waals surface area contributed by atoms with E-state index >= 15 is 0 Å². The number of halogens is 1. The molecule has 0 saturated carbocycles. The van der Waals surface area contributed by atoms with Crippen LogP contribution in [0.25, 0.3) is 0 Å². The molecule has 1 fully saturated rings. The molecule has 2 rings (SSSR count). The Morgan fingerprint density at radius 3 is 2.68 bits per heavy atom. The summed E-state index contributed by atoms with van der Waals surface area (Å²) in [6.07, 6.45) is 0.427. The van der Waals surface area contributed by atoms with Gasteiger partial charge >= 0.3 is 5.97 Å². The van der Waals surface area contributed by atoms with Gasteiger partial charge in [0.15, 0.2) is 16.4 Å². The Labute approximate surface area is 137 Å². The van der Waals surface area contributed by atoms with Crippen LogP contribution in [0, 0.1) is 0 Å². The minimum Gasteiger partial charge on any atom is -0.451 e. The Hall–Kier alpha value is -1.12. The molecule has 0 spiro atoms. The summed E-state index contributed by atoms with van der Waals surface area (Å²) >= 11 is 6.81. The van der Waals surface area contributed by atoms with Crippen molar-refractivity contribution in [2.45, 2.75) is 19.4 Å². The summed E-state index contributed by atoms with van der Waals surface area (Å²) < 4.78 is 28.4. The fraction of sp³-hybridized carbons (Fsp3) is 0.538. The molecule has 1 aliphatic rings. The monoisotopic (exact) mass is 365 g/mol. The van der Waals surface area contributed by atoms with Gasteiger partial charge in [-0.1, -0.05) is 11.6 Å². The van der Waals surface area contributed by atoms with Crippen molar-refractivity contribution in [3.63, 3.8) is 0 Å². The van der Waals surface area contributed by atoms with E-state index in [4.69, 9.17) is 16.3 Å². The molecular weight excluding hydrogens is 350 g/mol. The molecule has 0 aliphatic carbocycles. The standard InChI is InChI=1S/C13H16ClNO5S2/c1-2-15(9-5-6-22(18,19)8-9)12(16)7-20-13(17)10-3-4-11(14)21-10/h3-4,9H,2,5-8H2,1H3. The highest BCUT2D eigenvalue weighted by molar-refractivity contribution is 7.91. The lowest BCUT2D eigenvalue weighted by molar-refractivity contribution is -0.136. The van der Waals surface area contributed by atoms with Gasteiger partial charge in [-0.05, 0) is 25.5 Å². The molecule has 0 bridgehead atoms. The van der Waals surface area contributed by atoms with Crippen LogP contribution in [0.5, 0.6) is 0 Å². The van der Waals surface area contributed by atoms with Crippen LogP contribution in [-0.4, -0.2) is 55.9 Å². The van der Waals surface area contributed by atoms with Crippen LogP contribution in [-0.2, 0) is 19.4 Å². The zero-order valence-electron chi connectivity index (χ0n) is 12.0. The number of rotatable bonds is 5. The summed E-state index contributed by atoms with van der Waals surface area (Å²) in [4.78, 5) is 25.7. The van der Waals surface area contributed by atoms with E-state index in [-0.39, 0.29) is 23.5 Å². The Kier molecular flexibility index (Phi) is 5.46. The van der Waals surface area contributed by atoms with Crippen LogP contribution >= 0.6 is 22.9 Å². The van der Waals surface area contributed by atoms with Crippen LogP contribution < -0.4 is 0 Å². The summed E-state index contributed by atoms with van der Waals surface area (Å²) in [5.74, 6) is -0.934. The smallest absolute Gasteiger partial charge is 0.348 e. The SMILES string of the molecule is CCN(C(=O)COC(=O)c1ccc(Cl)s1)C1CCS(=O)(=O)C1. The largest absolute Gasteiger partial charge is 0.451 e. The summed E-state index contributed by atoms with van der Waals surface area (Å²) in [7, 11) is -3.07. The Balaban J connectivity index is 1.91. The molecule has 2 heterocycles. The Morgan fingerprint density at radius 2 is 2.18 bits per heavy atom. The van der Waals surface area contributed by atoms with Crippen molar-refractivity contribution in [1.82, 2.24) is 4.90 Å². The number of thiophene rings is 1. The van der Waals surface area contributed by atoms with Crippen LogP contribution in [0.3, 0.4) is 0 Å². The second-order valence-electron chi connectivity index (χ2n) is 4.92. The van der Waals surface area contributed by atoms with Gasteiger partial charge in [-0.25, -0.2) is 13.2 Å². The number of carbonyl (C=O) groups excluding carboxylic acids is 2. The molecule has 1 unspecified atom stereocenters. The molecule has 1 atom stereocenters. The average Bonchev–Trinajstić information content (AvgIpc) is 3.03. The van der Waals surface area contributed by atoms with Gasteiger partial charge in [-0.3, -0.25) is 4.79 Å². The average molecular weight is 366 g/mol. The molecule has 9 heteroatoms. The maximum absolute atomic E-state index is 12.1. The molecule has 1 aromatic rings. The number of carbonyl (C=O) groups is 2. The molecule has 1 amide bonds. The molecule has 1 aliphatic heterocycles. The van der Waals surface area contributed by atoms with Gasteiger partial charge in [0.2, 0.25) is 0 Å². The summed E-state index contributed by atoms with van der Waals surface area (Å²) in [5, 5.41) is 0. The minimum atomic E-state index is -3.07. The maximum atomic E-state index is 12.1. The van der Waals surface area contributed by atoms with Crippen LogP contribution in [0.1, 0.15) is 23.0 Å². The molecule has 22 heavy (non-hydrogen) atoms. The van der Waals surface area contributed by atoms with Gasteiger partial charge in [0, 0.05) is 12.6 Å². The lowest BCUT2D eigenvalue weighted by atomic mass is 10.2. The van der Waals surface area contributed by atoms with E-state index in [0.29, 0.717) is 22.2 Å². The lowest BCUT2D eigenvalue weighted by Gasteiger charge is -2.26. The van der Waals surface area contributed by atoms with Gasteiger partial charge in [0.25, 0.3) is 5.91 Å². The third-order valence-corrected chi connectivity index (χ3v) is 6.37. The fourth-order valence-electron chi connectivity index (χ4n) is 2.36. The predicted molar refractivity (Wildman–Crippen MR) is 84.1 cm³/mol. The van der Waals surface area contributed by atoms with Crippen molar-refractivity contribution in [2.75, 3.05) is 24.7 Å². The summed E-state index contributed by atoms with van der Waals surface area (Å²) in [6.45, 7) is 1.74. The van der Waals surface area contributed by atoms with Crippen molar-refractivity contribution in [3.05, 3.63) is 21.3 Å². The Morgan fingerprint density at radius 1 is 1.45 bits per heavy atom. The number of sulfone groups is 1. The van der Waals surface area contributed by atoms with E-state index < -0.39 is 22.4 Å². The third kappa shape index (κ3) is 4.21. The Bertz CT molecular complexity index is 670. The number of ether oxygens (including phenoxy) is 1. The number of amides is 1. The first-order valence-corrected chi connectivity index (χ1v) is 9.76. The first-order valence-electron chi connectivity index (χ1n) is 6.74. The van der Waals surface area contributed by atoms with E-state index in [0.717, 1.165) is 11.3 Å². The molecular formula is C13H16ClNO5S2. The van der Waals surface area contributed by atoms with E-state index in [1.54, 1.807) is 13.0 Å². The van der Waals surface area contributed by atoms with Crippen molar-refractivity contribution in [2.24, 2.45) is 0 Å². The van der Waals surface area contributed by atoms with Crippen molar-refractivity contribution < 1.29 is 22.7 Å². The lowest BCUT2D eigenvalue weighted by Crippen LogP contribution is -2.43. The predicted octanol–water partition coefficient (Wildman–Crippen LogP) is 1.59. The first-order chi connectivity index (χ1) is 10.3. The van der Waals surface area contributed by atoms with Gasteiger partial charge < -0.3 is 9.64 Å². The minimum absolute atomic E-state index is 0.0267. The molecule has 0 aromatic carbocycles. The number of nitrogens with zero attached hydrogens (tertiary/aromatic N) is 1. The van der Waals surface area contributed by atoms with Crippen molar-refractivity contribution in [1.29, 1.82) is 0 Å². The highest BCUT2D eigenvalue weighted by Crippen LogP contribution is 2.22. The van der Waals surface area contributed by atoms with Crippen LogP contribution in [0.2, 0.25) is 4.34 Å². The fourth-order valence-corrected chi connectivity index (χ4v) is 5.03. The number of esters is 1. The zero-order valence-corrected chi connectivity index (χ0v) is 14.3. The highest BCUT2D eigenvalue weighted by atomic mass is 35.5. The zero-order chi connectivity index (χ0) is 16.3. The van der Waals surface area contributed by atoms with Gasteiger partial charge in [-0.2, -0.15) is 0 Å². The number of hydrogen-bond donors (Lipinski definition) is 0. The van der Waals surface area contributed by atoms with Crippen LogP contribution in [0.15, 0.2) is 12.1 Å². The third-order valence-electron chi connectivity index (χ3n) is 3.41. The summed E-state index contributed by atoms with van der Waals surface area (Å²) in [5.41, 5.74) is 0. The quantitative estimate of drug-likeness (QED) is 0.740. The van der Waals surface area contributed by atoms with Gasteiger partial charge in [0.1, 0.15) is 4.88 Å². The topological polar surface area (TPSA) is 80.8 Å². The van der Waals surface area contributed by atoms with E-state index in [2.05, 4.69) is 0 Å². The van der Waals surface area contributed by atoms with E-state index in [1.165, 1.54) is 11.0 Å². The molecule has 1 aromatic heterocycles. The number of hydrogen-bond acceptors (Lipinski definition) is 6. The van der Waals surface area contributed by atoms with Crippen molar-refractivity contribution >= 4 is 44.7 Å². The molecule has 1 saturated heterocycles. The highest BCUT2D eigenvalue weighted by Gasteiger charge is 2.34. The van der Waals surface area contributed by atoms with Gasteiger partial charge in [0.05, 0.1) is 15.8 Å². The molecule has 122 valence electrons. The first kappa shape index (κ1) is 17.2. The second-order valence-corrected chi connectivity index (χ2v) is 8.86. The second kappa shape index (κ2) is 6.97. The van der Waals surface area contributed by atoms with Crippen LogP contribution in [0.4, 0.5) is 0 Å². The molecule has 6 nitrogen and oxygen atoms in total. The molecule has 0 N–H and O–H groups in total. The normalized spacial score (nSPS) is 19.8. The van der Waals surface area contributed by atoms with Crippen molar-refractivity contribution in [3.8, 4) is 0 Å². The maximum Gasteiger partial charge on any atom is 0.348 e.